The molecule has 0 saturated heterocycles. The van der Waals surface area contributed by atoms with Gasteiger partial charge in [0.15, 0.2) is 0 Å². The molecular weight excluding hydrogens is 264 g/mol. The summed E-state index contributed by atoms with van der Waals surface area (Å²) < 4.78 is 11.2. The van der Waals surface area contributed by atoms with E-state index in [1.54, 1.807) is 0 Å². The summed E-state index contributed by atoms with van der Waals surface area (Å²) in [6, 6.07) is 13.1. The third-order valence-electron chi connectivity index (χ3n) is 3.45. The SMILES string of the molecule is CCCOc1ccc(CNC2=NCCO2)c2ccccc12. The highest BCUT2D eigenvalue weighted by Crippen LogP contribution is 2.28. The Morgan fingerprint density at radius 2 is 2.05 bits per heavy atom. The van der Waals surface area contributed by atoms with Crippen molar-refractivity contribution in [2.24, 2.45) is 4.99 Å². The second-order valence-electron chi connectivity index (χ2n) is 5.01. The first-order chi connectivity index (χ1) is 10.4. The first-order valence-corrected chi connectivity index (χ1v) is 7.43. The van der Waals surface area contributed by atoms with Crippen molar-refractivity contribution in [3.63, 3.8) is 0 Å². The lowest BCUT2D eigenvalue weighted by molar-refractivity contribution is 0.321. The van der Waals surface area contributed by atoms with Gasteiger partial charge in [0.1, 0.15) is 12.4 Å². The fourth-order valence-corrected chi connectivity index (χ4v) is 2.44. The second-order valence-corrected chi connectivity index (χ2v) is 5.01. The molecule has 0 spiro atoms. The molecule has 0 bridgehead atoms. The van der Waals surface area contributed by atoms with Crippen molar-refractivity contribution in [2.45, 2.75) is 19.9 Å². The van der Waals surface area contributed by atoms with Gasteiger partial charge in [-0.2, -0.15) is 0 Å². The Labute approximate surface area is 124 Å². The fourth-order valence-electron chi connectivity index (χ4n) is 2.44. The van der Waals surface area contributed by atoms with Gasteiger partial charge in [0.2, 0.25) is 0 Å². The zero-order valence-corrected chi connectivity index (χ0v) is 12.3. The quantitative estimate of drug-likeness (QED) is 0.917. The highest BCUT2D eigenvalue weighted by Gasteiger charge is 2.09. The predicted molar refractivity (Wildman–Crippen MR) is 84.8 cm³/mol. The van der Waals surface area contributed by atoms with E-state index in [0.717, 1.165) is 30.7 Å². The second kappa shape index (κ2) is 6.48. The van der Waals surface area contributed by atoms with E-state index in [1.807, 2.05) is 12.1 Å². The van der Waals surface area contributed by atoms with Crippen molar-refractivity contribution in [3.05, 3.63) is 42.0 Å². The van der Waals surface area contributed by atoms with Gasteiger partial charge in [0, 0.05) is 11.9 Å². The molecule has 2 aromatic carbocycles. The molecule has 4 nitrogen and oxygen atoms in total. The van der Waals surface area contributed by atoms with Gasteiger partial charge in [0.25, 0.3) is 6.02 Å². The van der Waals surface area contributed by atoms with Gasteiger partial charge >= 0.3 is 0 Å². The van der Waals surface area contributed by atoms with Gasteiger partial charge in [-0.1, -0.05) is 37.3 Å². The van der Waals surface area contributed by atoms with E-state index in [0.29, 0.717) is 19.2 Å². The molecule has 0 aliphatic carbocycles. The molecule has 0 saturated carbocycles. The number of hydrogen-bond acceptors (Lipinski definition) is 4. The number of nitrogens with one attached hydrogen (secondary N) is 1. The maximum absolute atomic E-state index is 5.83. The summed E-state index contributed by atoms with van der Waals surface area (Å²) in [5, 5.41) is 5.60. The molecule has 0 radical (unpaired) electrons. The molecule has 0 amide bonds. The normalized spacial score (nSPS) is 13.9. The maximum atomic E-state index is 5.83. The average Bonchev–Trinajstić information content (AvgIpc) is 3.04. The highest BCUT2D eigenvalue weighted by molar-refractivity contribution is 5.91. The monoisotopic (exact) mass is 284 g/mol. The number of rotatable bonds is 5. The van der Waals surface area contributed by atoms with Crippen LogP contribution in [0, 0.1) is 0 Å². The van der Waals surface area contributed by atoms with Gasteiger partial charge in [0.05, 0.1) is 13.2 Å². The topological polar surface area (TPSA) is 42.8 Å². The van der Waals surface area contributed by atoms with Crippen LogP contribution in [0.5, 0.6) is 5.75 Å². The predicted octanol–water partition coefficient (Wildman–Crippen LogP) is 3.10. The minimum absolute atomic E-state index is 0.644. The molecule has 4 heteroatoms. The van der Waals surface area contributed by atoms with E-state index < -0.39 is 0 Å². The molecule has 0 unspecified atom stereocenters. The standard InChI is InChI=1S/C17H20N2O2/c1-2-10-20-16-8-7-13(12-19-17-18-9-11-21-17)14-5-3-4-6-15(14)16/h3-8H,2,9-12H2,1H3,(H,18,19). The molecule has 110 valence electrons. The molecule has 3 rings (SSSR count). The zero-order valence-electron chi connectivity index (χ0n) is 12.3. The van der Waals surface area contributed by atoms with Crippen LogP contribution in [0.4, 0.5) is 0 Å². The molecule has 0 fully saturated rings. The summed E-state index contributed by atoms with van der Waals surface area (Å²) in [7, 11) is 0. The van der Waals surface area contributed by atoms with Crippen molar-refractivity contribution in [3.8, 4) is 5.75 Å². The number of aliphatic imine (C=N–C) groups is 1. The van der Waals surface area contributed by atoms with Crippen LogP contribution in [0.3, 0.4) is 0 Å². The molecule has 0 aromatic heterocycles. The van der Waals surface area contributed by atoms with Crippen LogP contribution < -0.4 is 10.1 Å². The van der Waals surface area contributed by atoms with Crippen molar-refractivity contribution in [1.29, 1.82) is 0 Å². The highest BCUT2D eigenvalue weighted by atomic mass is 16.5. The summed E-state index contributed by atoms with van der Waals surface area (Å²) in [6.07, 6.45) is 1.01. The van der Waals surface area contributed by atoms with Crippen LogP contribution >= 0.6 is 0 Å². The Morgan fingerprint density at radius 3 is 2.81 bits per heavy atom. The third-order valence-corrected chi connectivity index (χ3v) is 3.45. The van der Waals surface area contributed by atoms with E-state index in [1.165, 1.54) is 10.9 Å². The van der Waals surface area contributed by atoms with Crippen LogP contribution in [0.25, 0.3) is 10.8 Å². The Kier molecular flexibility index (Phi) is 4.24. The van der Waals surface area contributed by atoms with E-state index >= 15 is 0 Å². The van der Waals surface area contributed by atoms with E-state index in [4.69, 9.17) is 9.47 Å². The minimum atomic E-state index is 0.644. The zero-order chi connectivity index (χ0) is 14.5. The third kappa shape index (κ3) is 3.10. The molecular formula is C17H20N2O2. The molecule has 21 heavy (non-hydrogen) atoms. The number of ether oxygens (including phenoxy) is 2. The van der Waals surface area contributed by atoms with Crippen LogP contribution in [-0.2, 0) is 11.3 Å². The Hall–Kier alpha value is -2.23. The van der Waals surface area contributed by atoms with Crippen LogP contribution in [-0.4, -0.2) is 25.8 Å². The lowest BCUT2D eigenvalue weighted by Gasteiger charge is -2.13. The number of hydrogen-bond donors (Lipinski definition) is 1. The summed E-state index contributed by atoms with van der Waals surface area (Å²) in [6.45, 7) is 4.97. The van der Waals surface area contributed by atoms with E-state index in [-0.39, 0.29) is 0 Å². The maximum Gasteiger partial charge on any atom is 0.285 e. The molecule has 1 N–H and O–H groups in total. The molecule has 0 atom stereocenters. The molecule has 1 heterocycles. The average molecular weight is 284 g/mol. The van der Waals surface area contributed by atoms with Gasteiger partial charge in [-0.05, 0) is 23.4 Å². The van der Waals surface area contributed by atoms with E-state index in [9.17, 15) is 0 Å². The fraction of sp³-hybridized carbons (Fsp3) is 0.353. The molecule has 2 aromatic rings. The van der Waals surface area contributed by atoms with Crippen molar-refractivity contribution in [1.82, 2.24) is 5.32 Å². The summed E-state index contributed by atoms with van der Waals surface area (Å²) in [4.78, 5) is 4.25. The lowest BCUT2D eigenvalue weighted by atomic mass is 10.0. The summed E-state index contributed by atoms with van der Waals surface area (Å²) >= 11 is 0. The van der Waals surface area contributed by atoms with Crippen LogP contribution in [0.15, 0.2) is 41.4 Å². The van der Waals surface area contributed by atoms with Crippen LogP contribution in [0.1, 0.15) is 18.9 Å². The van der Waals surface area contributed by atoms with E-state index in [2.05, 4.69) is 41.5 Å². The summed E-state index contributed by atoms with van der Waals surface area (Å²) in [5.41, 5.74) is 1.22. The minimum Gasteiger partial charge on any atom is -0.493 e. The lowest BCUT2D eigenvalue weighted by Crippen LogP contribution is -2.23. The Bertz CT molecular complexity index is 652. The largest absolute Gasteiger partial charge is 0.493 e. The van der Waals surface area contributed by atoms with Gasteiger partial charge in [-0.15, -0.1) is 0 Å². The van der Waals surface area contributed by atoms with Gasteiger partial charge in [-0.25, -0.2) is 4.99 Å². The van der Waals surface area contributed by atoms with Crippen molar-refractivity contribution < 1.29 is 9.47 Å². The number of fused-ring (bicyclic) bond motifs is 1. The van der Waals surface area contributed by atoms with Crippen molar-refractivity contribution in [2.75, 3.05) is 19.8 Å². The van der Waals surface area contributed by atoms with Crippen LogP contribution in [0.2, 0.25) is 0 Å². The number of amidine groups is 1. The number of nitrogens with zero attached hydrogens (tertiary/aromatic N) is 1. The Morgan fingerprint density at radius 1 is 1.19 bits per heavy atom. The van der Waals surface area contributed by atoms with Gasteiger partial charge in [-0.3, -0.25) is 0 Å². The molecule has 1 aliphatic rings. The number of benzene rings is 2. The molecule has 1 aliphatic heterocycles. The smallest absolute Gasteiger partial charge is 0.285 e. The summed E-state index contributed by atoms with van der Waals surface area (Å²) in [5.74, 6) is 0.950. The first kappa shape index (κ1) is 13.7. The first-order valence-electron chi connectivity index (χ1n) is 7.43. The van der Waals surface area contributed by atoms with Gasteiger partial charge < -0.3 is 14.8 Å². The Balaban J connectivity index is 1.85. The van der Waals surface area contributed by atoms with Crippen molar-refractivity contribution >= 4 is 16.8 Å².